The van der Waals surface area contributed by atoms with Gasteiger partial charge in [0, 0.05) is 20.7 Å². The van der Waals surface area contributed by atoms with E-state index in [-0.39, 0.29) is 6.04 Å². The molecule has 0 radical (unpaired) electrons. The Hall–Kier alpha value is -1.53. The highest BCUT2D eigenvalue weighted by Crippen LogP contribution is 2.31. The molecule has 0 saturated heterocycles. The number of anilines is 2. The highest BCUT2D eigenvalue weighted by atomic mass is 79.9. The predicted molar refractivity (Wildman–Crippen MR) is 86.5 cm³/mol. The molecule has 106 valence electrons. The van der Waals surface area contributed by atoms with Crippen LogP contribution >= 0.6 is 27.3 Å². The van der Waals surface area contributed by atoms with Crippen LogP contribution < -0.4 is 10.6 Å². The van der Waals surface area contributed by atoms with E-state index in [1.54, 1.807) is 11.3 Å². The Morgan fingerprint density at radius 2 is 1.90 bits per heavy atom. The first kappa shape index (κ1) is 14.9. The number of amides is 1. The molecule has 0 aliphatic rings. The SMILES string of the molecule is COC(=O)Nc1ccc(NC(C)c2sccc2Br)cc1. The number of carbonyl (C=O) groups is 1. The van der Waals surface area contributed by atoms with Crippen molar-refractivity contribution in [1.82, 2.24) is 0 Å². The molecule has 2 aromatic rings. The van der Waals surface area contributed by atoms with E-state index < -0.39 is 6.09 Å². The maximum Gasteiger partial charge on any atom is 0.411 e. The Bertz CT molecular complexity index is 583. The van der Waals surface area contributed by atoms with Crippen LogP contribution in [0, 0.1) is 0 Å². The molecule has 1 aromatic heterocycles. The summed E-state index contributed by atoms with van der Waals surface area (Å²) < 4.78 is 5.66. The molecule has 6 heteroatoms. The fraction of sp³-hybridized carbons (Fsp3) is 0.214. The zero-order chi connectivity index (χ0) is 14.5. The molecule has 2 N–H and O–H groups in total. The van der Waals surface area contributed by atoms with Crippen LogP contribution in [0.2, 0.25) is 0 Å². The van der Waals surface area contributed by atoms with E-state index in [1.165, 1.54) is 12.0 Å². The lowest BCUT2D eigenvalue weighted by atomic mass is 10.2. The Labute approximate surface area is 130 Å². The van der Waals surface area contributed by atoms with E-state index in [4.69, 9.17) is 0 Å². The fourth-order valence-electron chi connectivity index (χ4n) is 1.75. The number of rotatable bonds is 4. The van der Waals surface area contributed by atoms with Gasteiger partial charge in [0.15, 0.2) is 0 Å². The predicted octanol–water partition coefficient (Wildman–Crippen LogP) is 4.86. The van der Waals surface area contributed by atoms with Gasteiger partial charge in [-0.05, 0) is 58.6 Å². The van der Waals surface area contributed by atoms with Gasteiger partial charge in [-0.25, -0.2) is 4.79 Å². The normalized spacial score (nSPS) is 11.8. The topological polar surface area (TPSA) is 50.4 Å². The number of methoxy groups -OCH3 is 1. The number of thiophene rings is 1. The van der Waals surface area contributed by atoms with Crippen LogP contribution in [-0.4, -0.2) is 13.2 Å². The highest BCUT2D eigenvalue weighted by molar-refractivity contribution is 9.10. The molecule has 1 aromatic carbocycles. The van der Waals surface area contributed by atoms with Crippen molar-refractivity contribution in [3.05, 3.63) is 45.1 Å². The van der Waals surface area contributed by atoms with Crippen molar-refractivity contribution in [3.63, 3.8) is 0 Å². The Morgan fingerprint density at radius 3 is 2.45 bits per heavy atom. The lowest BCUT2D eigenvalue weighted by molar-refractivity contribution is 0.187. The van der Waals surface area contributed by atoms with Crippen LogP contribution in [0.3, 0.4) is 0 Å². The fourth-order valence-corrected chi connectivity index (χ4v) is 3.47. The second kappa shape index (κ2) is 6.76. The van der Waals surface area contributed by atoms with E-state index in [2.05, 4.69) is 43.6 Å². The summed E-state index contributed by atoms with van der Waals surface area (Å²) in [6, 6.07) is 9.75. The third-order valence-electron chi connectivity index (χ3n) is 2.74. The summed E-state index contributed by atoms with van der Waals surface area (Å²) in [4.78, 5) is 12.3. The van der Waals surface area contributed by atoms with Gasteiger partial charge >= 0.3 is 6.09 Å². The molecule has 2 rings (SSSR count). The number of benzene rings is 1. The zero-order valence-corrected chi connectivity index (χ0v) is 13.5. The van der Waals surface area contributed by atoms with E-state index in [0.717, 1.165) is 10.2 Å². The molecule has 1 heterocycles. The van der Waals surface area contributed by atoms with E-state index in [0.29, 0.717) is 5.69 Å². The van der Waals surface area contributed by atoms with Crippen LogP contribution in [0.25, 0.3) is 0 Å². The van der Waals surface area contributed by atoms with Crippen molar-refractivity contribution < 1.29 is 9.53 Å². The second-order valence-corrected chi connectivity index (χ2v) is 5.99. The molecule has 20 heavy (non-hydrogen) atoms. The molecule has 1 unspecified atom stereocenters. The first-order valence-electron chi connectivity index (χ1n) is 6.04. The third kappa shape index (κ3) is 3.74. The smallest absolute Gasteiger partial charge is 0.411 e. The first-order chi connectivity index (χ1) is 9.60. The Kier molecular flexibility index (Phi) is 5.03. The molecule has 0 bridgehead atoms. The summed E-state index contributed by atoms with van der Waals surface area (Å²) in [7, 11) is 1.34. The number of hydrogen-bond acceptors (Lipinski definition) is 4. The number of halogens is 1. The van der Waals surface area contributed by atoms with E-state index in [9.17, 15) is 4.79 Å². The molecular formula is C14H15BrN2O2S. The molecule has 0 saturated carbocycles. The summed E-state index contributed by atoms with van der Waals surface area (Å²) in [6.07, 6.45) is -0.471. The minimum Gasteiger partial charge on any atom is -0.453 e. The first-order valence-corrected chi connectivity index (χ1v) is 7.72. The lowest BCUT2D eigenvalue weighted by Crippen LogP contribution is -2.11. The minimum atomic E-state index is -0.471. The molecule has 1 amide bonds. The summed E-state index contributed by atoms with van der Waals surface area (Å²) >= 11 is 5.24. The third-order valence-corrected chi connectivity index (χ3v) is 4.79. The number of ether oxygens (including phenoxy) is 1. The summed E-state index contributed by atoms with van der Waals surface area (Å²) in [5, 5.41) is 8.09. The molecule has 0 aliphatic carbocycles. The maximum absolute atomic E-state index is 11.1. The summed E-state index contributed by atoms with van der Waals surface area (Å²) in [5.41, 5.74) is 1.69. The van der Waals surface area contributed by atoms with Gasteiger partial charge in [-0.2, -0.15) is 0 Å². The number of hydrogen-bond donors (Lipinski definition) is 2. The van der Waals surface area contributed by atoms with Crippen molar-refractivity contribution in [2.24, 2.45) is 0 Å². The van der Waals surface area contributed by atoms with Gasteiger partial charge in [-0.15, -0.1) is 11.3 Å². The van der Waals surface area contributed by atoms with Gasteiger partial charge in [-0.3, -0.25) is 5.32 Å². The molecule has 1 atom stereocenters. The van der Waals surface area contributed by atoms with E-state index in [1.807, 2.05) is 30.3 Å². The van der Waals surface area contributed by atoms with Crippen molar-refractivity contribution >= 4 is 44.7 Å². The Balaban J connectivity index is 2.00. The van der Waals surface area contributed by atoms with Crippen molar-refractivity contribution in [2.45, 2.75) is 13.0 Å². The van der Waals surface area contributed by atoms with Crippen LogP contribution in [0.1, 0.15) is 17.8 Å². The standard InChI is InChI=1S/C14H15BrN2O2S/c1-9(13-12(15)7-8-20-13)16-10-3-5-11(6-4-10)17-14(18)19-2/h3-9,16H,1-2H3,(H,17,18). The van der Waals surface area contributed by atoms with Crippen LogP contribution in [0.15, 0.2) is 40.2 Å². The summed E-state index contributed by atoms with van der Waals surface area (Å²) in [5.74, 6) is 0. The number of nitrogens with one attached hydrogen (secondary N) is 2. The second-order valence-electron chi connectivity index (χ2n) is 4.19. The average molecular weight is 355 g/mol. The summed E-state index contributed by atoms with van der Waals surface area (Å²) in [6.45, 7) is 2.11. The van der Waals surface area contributed by atoms with Crippen LogP contribution in [-0.2, 0) is 4.74 Å². The van der Waals surface area contributed by atoms with Gasteiger partial charge in [0.25, 0.3) is 0 Å². The molecule has 0 fully saturated rings. The molecule has 0 aliphatic heterocycles. The van der Waals surface area contributed by atoms with Crippen LogP contribution in [0.4, 0.5) is 16.2 Å². The van der Waals surface area contributed by atoms with Gasteiger partial charge in [-0.1, -0.05) is 0 Å². The Morgan fingerprint density at radius 1 is 1.25 bits per heavy atom. The zero-order valence-electron chi connectivity index (χ0n) is 11.1. The molecule has 0 spiro atoms. The van der Waals surface area contributed by atoms with Crippen molar-refractivity contribution in [1.29, 1.82) is 0 Å². The average Bonchev–Trinajstić information content (AvgIpc) is 2.87. The quantitative estimate of drug-likeness (QED) is 0.823. The number of carbonyl (C=O) groups excluding carboxylic acids is 1. The van der Waals surface area contributed by atoms with Gasteiger partial charge < -0.3 is 10.1 Å². The van der Waals surface area contributed by atoms with Crippen molar-refractivity contribution in [2.75, 3.05) is 17.7 Å². The maximum atomic E-state index is 11.1. The monoisotopic (exact) mass is 354 g/mol. The van der Waals surface area contributed by atoms with Gasteiger partial charge in [0.1, 0.15) is 0 Å². The van der Waals surface area contributed by atoms with Crippen LogP contribution in [0.5, 0.6) is 0 Å². The van der Waals surface area contributed by atoms with Crippen molar-refractivity contribution in [3.8, 4) is 0 Å². The van der Waals surface area contributed by atoms with Gasteiger partial charge in [0.2, 0.25) is 0 Å². The lowest BCUT2D eigenvalue weighted by Gasteiger charge is -2.15. The molecule has 4 nitrogen and oxygen atoms in total. The van der Waals surface area contributed by atoms with Gasteiger partial charge in [0.05, 0.1) is 13.2 Å². The van der Waals surface area contributed by atoms with E-state index >= 15 is 0 Å². The largest absolute Gasteiger partial charge is 0.453 e. The molecular weight excluding hydrogens is 340 g/mol. The highest BCUT2D eigenvalue weighted by Gasteiger charge is 2.10. The minimum absolute atomic E-state index is 0.212.